The van der Waals surface area contributed by atoms with Crippen molar-refractivity contribution in [2.75, 3.05) is 11.5 Å². The molecule has 0 spiro atoms. The van der Waals surface area contributed by atoms with Crippen molar-refractivity contribution in [2.24, 2.45) is 29.6 Å². The van der Waals surface area contributed by atoms with Gasteiger partial charge in [0.1, 0.15) is 5.76 Å². The Bertz CT molecular complexity index is 1440. The van der Waals surface area contributed by atoms with Gasteiger partial charge in [0.05, 0.1) is 51.8 Å². The van der Waals surface area contributed by atoms with E-state index in [-0.39, 0.29) is 64.1 Å². The fraction of sp³-hybridized carbons (Fsp3) is 0.385. The fourth-order valence-corrected chi connectivity index (χ4v) is 9.89. The van der Waals surface area contributed by atoms with Gasteiger partial charge in [-0.3, -0.25) is 19.3 Å². The predicted molar refractivity (Wildman–Crippen MR) is 132 cm³/mol. The van der Waals surface area contributed by atoms with Crippen LogP contribution in [0, 0.1) is 29.6 Å². The Morgan fingerprint density at radius 2 is 1.86 bits per heavy atom. The second kappa shape index (κ2) is 7.94. The number of thiazole rings is 1. The molecule has 2 bridgehead atoms. The van der Waals surface area contributed by atoms with Crippen LogP contribution in [0.2, 0.25) is 0 Å². The highest BCUT2D eigenvalue weighted by atomic mass is 32.2. The Morgan fingerprint density at radius 1 is 1.11 bits per heavy atom. The van der Waals surface area contributed by atoms with E-state index in [1.807, 2.05) is 12.1 Å². The molecule has 184 valence electrons. The van der Waals surface area contributed by atoms with Crippen molar-refractivity contribution in [3.05, 3.63) is 68.5 Å². The molecule has 0 unspecified atom stereocenters. The number of fused-ring (bicyclic) bond motifs is 9. The molecule has 3 fully saturated rings. The van der Waals surface area contributed by atoms with Crippen LogP contribution in [0.25, 0.3) is 0 Å². The van der Waals surface area contributed by atoms with Crippen LogP contribution in [0.3, 0.4) is 0 Å². The van der Waals surface area contributed by atoms with Crippen LogP contribution in [0.1, 0.15) is 40.3 Å². The van der Waals surface area contributed by atoms with Crippen LogP contribution in [0.15, 0.2) is 56.9 Å². The highest BCUT2D eigenvalue weighted by Crippen LogP contribution is 2.68. The third kappa shape index (κ3) is 2.94. The molecule has 7 atom stereocenters. The zero-order chi connectivity index (χ0) is 24.7. The Balaban J connectivity index is 1.24. The van der Waals surface area contributed by atoms with Crippen molar-refractivity contribution in [3.63, 3.8) is 0 Å². The SMILES string of the molecule is CCOC(=O)c1ccc(N2C(=O)[C@H]3[C@H]4C[C@@H]([C@@H]3C2=O)[C@H]2[C@H](c3ccco3)c3sc(=O)[nH]c3S[C@H]42)cc1. The summed E-state index contributed by atoms with van der Waals surface area (Å²) in [6.45, 7) is 2.01. The van der Waals surface area contributed by atoms with E-state index in [0.717, 1.165) is 22.1 Å². The number of hydrogen-bond acceptors (Lipinski definition) is 8. The van der Waals surface area contributed by atoms with Crippen LogP contribution in [0.4, 0.5) is 5.69 Å². The summed E-state index contributed by atoms with van der Waals surface area (Å²) >= 11 is 2.86. The first-order chi connectivity index (χ1) is 17.5. The van der Waals surface area contributed by atoms with Gasteiger partial charge in [-0.05, 0) is 67.5 Å². The van der Waals surface area contributed by atoms with Crippen LogP contribution < -0.4 is 9.77 Å². The Hall–Kier alpha value is -3.11. The standard InChI is InChI=1S/C26H22N2O6S2/c1-2-33-25(31)11-5-7-12(8-6-11)28-23(29)17-13-10-14(18(17)24(28)30)20-16(13)19(15-4-3-9-34-15)21-22(35-20)27-26(32)36-21/h3-9,13-14,16-20H,2,10H2,1H3,(H,27,32)/t13-,14-,16+,17+,18+,19+,20-/m1/s1. The quantitative estimate of drug-likeness (QED) is 0.409. The number of thioether (sulfide) groups is 1. The summed E-state index contributed by atoms with van der Waals surface area (Å²) in [5.41, 5.74) is 0.859. The third-order valence-electron chi connectivity index (χ3n) is 8.21. The number of benzene rings is 1. The number of carbonyl (C=O) groups excluding carboxylic acids is 3. The molecule has 1 saturated heterocycles. The van der Waals surface area contributed by atoms with Crippen LogP contribution in [-0.2, 0) is 14.3 Å². The van der Waals surface area contributed by atoms with E-state index in [0.29, 0.717) is 11.3 Å². The summed E-state index contributed by atoms with van der Waals surface area (Å²) in [5.74, 6) is -0.661. The lowest BCUT2D eigenvalue weighted by Crippen LogP contribution is -2.42. The second-order valence-electron chi connectivity index (χ2n) is 9.76. The van der Waals surface area contributed by atoms with Crippen molar-refractivity contribution in [2.45, 2.75) is 29.5 Å². The lowest BCUT2D eigenvalue weighted by atomic mass is 9.69. The first-order valence-electron chi connectivity index (χ1n) is 12.1. The van der Waals surface area contributed by atoms with E-state index in [9.17, 15) is 19.2 Å². The number of hydrogen-bond donors (Lipinski definition) is 1. The molecule has 2 aliphatic carbocycles. The molecule has 1 aromatic carbocycles. The van der Waals surface area contributed by atoms with Crippen molar-refractivity contribution in [1.29, 1.82) is 0 Å². The van der Waals surface area contributed by atoms with Crippen LogP contribution in [-0.4, -0.2) is 34.6 Å². The molecular weight excluding hydrogens is 500 g/mol. The highest BCUT2D eigenvalue weighted by molar-refractivity contribution is 8.00. The van der Waals surface area contributed by atoms with Crippen LogP contribution >= 0.6 is 23.1 Å². The lowest BCUT2D eigenvalue weighted by Gasteiger charge is -2.42. The zero-order valence-electron chi connectivity index (χ0n) is 19.2. The first-order valence-corrected chi connectivity index (χ1v) is 13.8. The number of aromatic amines is 1. The number of nitrogens with one attached hydrogen (secondary N) is 1. The highest BCUT2D eigenvalue weighted by Gasteiger charge is 2.70. The molecule has 4 heterocycles. The number of anilines is 1. The molecular formula is C26H22N2O6S2. The van der Waals surface area contributed by atoms with E-state index in [2.05, 4.69) is 4.98 Å². The summed E-state index contributed by atoms with van der Waals surface area (Å²) in [6.07, 6.45) is 2.46. The van der Waals surface area contributed by atoms with Gasteiger partial charge in [-0.25, -0.2) is 4.79 Å². The second-order valence-corrected chi connectivity index (χ2v) is 12.0. The van der Waals surface area contributed by atoms with Crippen molar-refractivity contribution < 1.29 is 23.5 Å². The Labute approximate surface area is 214 Å². The molecule has 2 aromatic heterocycles. The number of furan rings is 1. The van der Waals surface area contributed by atoms with Crippen LogP contribution in [0.5, 0.6) is 0 Å². The number of nitrogens with zero attached hydrogens (tertiary/aromatic N) is 1. The van der Waals surface area contributed by atoms with E-state index in [4.69, 9.17) is 9.15 Å². The Kier molecular flexibility index (Phi) is 4.88. The maximum absolute atomic E-state index is 13.8. The maximum Gasteiger partial charge on any atom is 0.338 e. The van der Waals surface area contributed by atoms with E-state index >= 15 is 0 Å². The fourth-order valence-electron chi connectivity index (χ4n) is 7.02. The minimum atomic E-state index is -0.436. The average Bonchev–Trinajstić information content (AvgIpc) is 3.67. The topological polar surface area (TPSA) is 110 Å². The minimum Gasteiger partial charge on any atom is -0.469 e. The summed E-state index contributed by atoms with van der Waals surface area (Å²) < 4.78 is 10.9. The van der Waals surface area contributed by atoms with Gasteiger partial charge in [0.2, 0.25) is 11.8 Å². The number of esters is 1. The summed E-state index contributed by atoms with van der Waals surface area (Å²) in [4.78, 5) is 56.9. The molecule has 4 aliphatic rings. The average molecular weight is 523 g/mol. The van der Waals surface area contributed by atoms with Gasteiger partial charge < -0.3 is 14.1 Å². The smallest absolute Gasteiger partial charge is 0.338 e. The number of rotatable bonds is 4. The number of aromatic nitrogens is 1. The van der Waals surface area contributed by atoms with Crippen molar-refractivity contribution in [3.8, 4) is 0 Å². The maximum atomic E-state index is 13.8. The summed E-state index contributed by atoms with van der Waals surface area (Å²) in [6, 6.07) is 10.2. The van der Waals surface area contributed by atoms with Gasteiger partial charge in [0.25, 0.3) is 0 Å². The number of amides is 2. The van der Waals surface area contributed by atoms with E-state index in [1.165, 1.54) is 16.2 Å². The molecule has 10 heteroatoms. The minimum absolute atomic E-state index is 0.0261. The van der Waals surface area contributed by atoms with Crippen molar-refractivity contribution >= 4 is 46.6 Å². The van der Waals surface area contributed by atoms with Gasteiger partial charge >= 0.3 is 10.8 Å². The van der Waals surface area contributed by atoms with Gasteiger partial charge in [-0.2, -0.15) is 0 Å². The molecule has 0 radical (unpaired) electrons. The van der Waals surface area contributed by atoms with Gasteiger partial charge in [0, 0.05) is 5.25 Å². The van der Waals surface area contributed by atoms with Gasteiger partial charge in [-0.1, -0.05) is 11.3 Å². The molecule has 2 amide bonds. The molecule has 8 nitrogen and oxygen atoms in total. The number of H-pyrrole nitrogens is 1. The molecule has 3 aromatic rings. The normalized spacial score (nSPS) is 31.9. The molecule has 36 heavy (non-hydrogen) atoms. The number of ether oxygens (including phenoxy) is 1. The summed E-state index contributed by atoms with van der Waals surface area (Å²) in [5, 5.41) is 0.979. The summed E-state index contributed by atoms with van der Waals surface area (Å²) in [7, 11) is 0. The van der Waals surface area contributed by atoms with Gasteiger partial charge in [-0.15, -0.1) is 11.8 Å². The first kappa shape index (κ1) is 22.1. The third-order valence-corrected chi connectivity index (χ3v) is 10.8. The number of imide groups is 1. The monoisotopic (exact) mass is 522 g/mol. The predicted octanol–water partition coefficient (Wildman–Crippen LogP) is 3.88. The molecule has 2 aliphatic heterocycles. The number of carbonyl (C=O) groups is 3. The molecule has 1 N–H and O–H groups in total. The largest absolute Gasteiger partial charge is 0.469 e. The lowest BCUT2D eigenvalue weighted by molar-refractivity contribution is -0.123. The molecule has 7 rings (SSSR count). The van der Waals surface area contributed by atoms with E-state index in [1.54, 1.807) is 49.2 Å². The molecule has 2 saturated carbocycles. The van der Waals surface area contributed by atoms with E-state index < -0.39 is 5.97 Å². The van der Waals surface area contributed by atoms with Crippen molar-refractivity contribution in [1.82, 2.24) is 4.98 Å². The zero-order valence-corrected chi connectivity index (χ0v) is 20.8. The Morgan fingerprint density at radius 3 is 2.56 bits per heavy atom. The van der Waals surface area contributed by atoms with Gasteiger partial charge in [0.15, 0.2) is 0 Å².